The van der Waals surface area contributed by atoms with Gasteiger partial charge in [-0.2, -0.15) is 0 Å². The van der Waals surface area contributed by atoms with Crippen LogP contribution < -0.4 is 0 Å². The summed E-state index contributed by atoms with van der Waals surface area (Å²) in [4.78, 5) is 11.2. The predicted molar refractivity (Wildman–Crippen MR) is 351 cm³/mol. The Morgan fingerprint density at radius 2 is 0.560 bits per heavy atom. The lowest BCUT2D eigenvalue weighted by atomic mass is 10.0. The third kappa shape index (κ3) is 6.92. The average Bonchev–Trinajstić information content (AvgIpc) is 4.20. The highest BCUT2D eigenvalue weighted by Gasteiger charge is 2.22. The second kappa shape index (κ2) is 18.1. The topological polar surface area (TPSA) is 45.5 Å². The third-order valence-electron chi connectivity index (χ3n) is 17.5. The van der Waals surface area contributed by atoms with Gasteiger partial charge in [-0.15, -0.1) is 0 Å². The van der Waals surface area contributed by atoms with Crippen molar-refractivity contribution >= 4 is 109 Å². The number of hydrogen-bond acceptors (Lipinski definition) is 2. The molecule has 0 atom stereocenters. The molecule has 0 saturated carbocycles. The first-order chi connectivity index (χ1) is 41.7. The first-order valence-electron chi connectivity index (χ1n) is 28.7. The summed E-state index contributed by atoms with van der Waals surface area (Å²) in [5, 5.41) is 12.8. The van der Waals surface area contributed by atoms with E-state index in [9.17, 15) is 0 Å². The highest BCUT2D eigenvalue weighted by molar-refractivity contribution is 6.16. The standard InChI is InChI=1S/C78H48N6/c1-4-18-49(19-5-1)76-63-38-32-54-44-57(83-70-30-16-12-26-61(70)66-47-52(35-42-74(66)83)50-33-40-72-64(45-50)59-24-10-14-28-68(59)81(72)55-20-6-2-7-21-55)37-39-58(54)77(63)80-78(79-76)84-71-31-17-13-27-62(71)67-48-53(36-43-75(67)84)51-34-41-73-65(46-51)60-25-11-15-29-69(60)82(73)56-22-8-3-9-23-56/h1-48H. The Morgan fingerprint density at radius 3 is 1.01 bits per heavy atom. The lowest BCUT2D eigenvalue weighted by molar-refractivity contribution is 1.02. The number of rotatable bonds is 7. The Balaban J connectivity index is 0.772. The molecule has 0 N–H and O–H groups in total. The summed E-state index contributed by atoms with van der Waals surface area (Å²) in [5.41, 5.74) is 20.1. The van der Waals surface area contributed by atoms with Crippen molar-refractivity contribution in [2.45, 2.75) is 0 Å². The quantitative estimate of drug-likeness (QED) is 0.149. The minimum atomic E-state index is 0.631. The molecular weight excluding hydrogens is 1020 g/mol. The summed E-state index contributed by atoms with van der Waals surface area (Å²) < 4.78 is 9.43. The molecule has 13 aromatic carbocycles. The third-order valence-corrected chi connectivity index (χ3v) is 17.5. The van der Waals surface area contributed by atoms with Gasteiger partial charge in [0.15, 0.2) is 0 Å². The normalized spacial score (nSPS) is 12.0. The molecule has 0 fully saturated rings. The molecule has 0 aliphatic heterocycles. The van der Waals surface area contributed by atoms with Crippen LogP contribution >= 0.6 is 0 Å². The highest BCUT2D eigenvalue weighted by atomic mass is 15.2. The molecule has 0 aliphatic rings. The molecule has 0 amide bonds. The van der Waals surface area contributed by atoms with Crippen LogP contribution in [0.5, 0.6) is 0 Å². The van der Waals surface area contributed by atoms with E-state index < -0.39 is 0 Å². The van der Waals surface area contributed by atoms with Gasteiger partial charge in [-0.25, -0.2) is 9.97 Å². The van der Waals surface area contributed by atoms with Crippen LogP contribution in [-0.4, -0.2) is 28.2 Å². The lowest BCUT2D eigenvalue weighted by Crippen LogP contribution is -2.04. The molecule has 18 aromatic rings. The maximum atomic E-state index is 5.63. The van der Waals surface area contributed by atoms with E-state index >= 15 is 0 Å². The SMILES string of the molecule is c1ccc(-c2nc(-n3c4ccccc4c4cc(-c5ccc6c(c5)c5ccccc5n6-c5ccccc5)ccc43)nc3c2ccc2cc(-n4c5ccccc5c5cc(-c6ccc7c(c6)c6ccccc6n7-c6ccccc6)ccc54)ccc23)cc1. The molecule has 0 unspecified atom stereocenters. The van der Waals surface area contributed by atoms with Crippen molar-refractivity contribution in [2.75, 3.05) is 0 Å². The van der Waals surface area contributed by atoms with Crippen molar-refractivity contribution < 1.29 is 0 Å². The smallest absolute Gasteiger partial charge is 0.235 e. The molecule has 0 saturated heterocycles. The Morgan fingerprint density at radius 1 is 0.202 bits per heavy atom. The molecule has 18 rings (SSSR count). The Hall–Kier alpha value is -11.3. The van der Waals surface area contributed by atoms with E-state index in [0.717, 1.165) is 88.4 Å². The van der Waals surface area contributed by atoms with Crippen LogP contribution in [0.2, 0.25) is 0 Å². The second-order valence-corrected chi connectivity index (χ2v) is 22.1. The Bertz CT molecular complexity index is 5730. The van der Waals surface area contributed by atoms with Crippen molar-refractivity contribution in [3.05, 3.63) is 291 Å². The fraction of sp³-hybridized carbons (Fsp3) is 0. The van der Waals surface area contributed by atoms with Crippen LogP contribution in [0, 0.1) is 0 Å². The summed E-state index contributed by atoms with van der Waals surface area (Å²) in [6.07, 6.45) is 0. The lowest BCUT2D eigenvalue weighted by Gasteiger charge is -2.14. The Labute approximate surface area is 482 Å². The number of para-hydroxylation sites is 6. The molecule has 5 heterocycles. The van der Waals surface area contributed by atoms with Crippen molar-refractivity contribution in [1.82, 2.24) is 28.2 Å². The summed E-state index contributed by atoms with van der Waals surface area (Å²) in [7, 11) is 0. The van der Waals surface area contributed by atoms with Gasteiger partial charge >= 0.3 is 0 Å². The molecule has 6 heteroatoms. The summed E-state index contributed by atoms with van der Waals surface area (Å²) in [6, 6.07) is 106. The summed E-state index contributed by atoms with van der Waals surface area (Å²) in [6.45, 7) is 0. The van der Waals surface area contributed by atoms with E-state index in [1.807, 2.05) is 0 Å². The Kier molecular flexibility index (Phi) is 9.99. The van der Waals surface area contributed by atoms with Gasteiger partial charge in [0.25, 0.3) is 0 Å². The fourth-order valence-electron chi connectivity index (χ4n) is 13.8. The monoisotopic (exact) mass is 1070 g/mol. The molecule has 5 aromatic heterocycles. The minimum Gasteiger partial charge on any atom is -0.309 e. The largest absolute Gasteiger partial charge is 0.309 e. The maximum Gasteiger partial charge on any atom is 0.235 e. The van der Waals surface area contributed by atoms with Gasteiger partial charge < -0.3 is 13.7 Å². The van der Waals surface area contributed by atoms with Gasteiger partial charge in [0.05, 0.1) is 55.3 Å². The van der Waals surface area contributed by atoms with E-state index in [0.29, 0.717) is 5.95 Å². The van der Waals surface area contributed by atoms with E-state index in [-0.39, 0.29) is 0 Å². The van der Waals surface area contributed by atoms with Gasteiger partial charge in [-0.3, -0.25) is 4.57 Å². The molecule has 0 radical (unpaired) electrons. The van der Waals surface area contributed by atoms with Gasteiger partial charge in [0, 0.05) is 76.5 Å². The zero-order chi connectivity index (χ0) is 55.0. The van der Waals surface area contributed by atoms with Crippen molar-refractivity contribution in [1.29, 1.82) is 0 Å². The molecule has 0 spiro atoms. The predicted octanol–water partition coefficient (Wildman–Crippen LogP) is 20.2. The maximum absolute atomic E-state index is 5.63. The first kappa shape index (κ1) is 46.4. The zero-order valence-corrected chi connectivity index (χ0v) is 45.4. The first-order valence-corrected chi connectivity index (χ1v) is 28.7. The van der Waals surface area contributed by atoms with Gasteiger partial charge in [-0.05, 0) is 143 Å². The van der Waals surface area contributed by atoms with Crippen molar-refractivity contribution in [3.8, 4) is 56.5 Å². The van der Waals surface area contributed by atoms with Crippen molar-refractivity contribution in [2.24, 2.45) is 0 Å². The van der Waals surface area contributed by atoms with Gasteiger partial charge in [-0.1, -0.05) is 176 Å². The summed E-state index contributed by atoms with van der Waals surface area (Å²) in [5.74, 6) is 0.631. The molecular formula is C78H48N6. The van der Waals surface area contributed by atoms with Crippen LogP contribution in [0.25, 0.3) is 165 Å². The van der Waals surface area contributed by atoms with Gasteiger partial charge in [0.2, 0.25) is 5.95 Å². The zero-order valence-electron chi connectivity index (χ0n) is 45.4. The number of fused-ring (bicyclic) bond motifs is 15. The molecule has 0 bridgehead atoms. The van der Waals surface area contributed by atoms with E-state index in [4.69, 9.17) is 9.97 Å². The van der Waals surface area contributed by atoms with Crippen LogP contribution in [0.3, 0.4) is 0 Å². The number of aromatic nitrogens is 6. The average molecular weight is 1070 g/mol. The number of benzene rings is 13. The molecule has 390 valence electrons. The van der Waals surface area contributed by atoms with Crippen molar-refractivity contribution in [3.63, 3.8) is 0 Å². The summed E-state index contributed by atoms with van der Waals surface area (Å²) >= 11 is 0. The van der Waals surface area contributed by atoms with Crippen LogP contribution in [0.1, 0.15) is 0 Å². The van der Waals surface area contributed by atoms with E-state index in [1.165, 1.54) is 71.1 Å². The van der Waals surface area contributed by atoms with Crippen LogP contribution in [-0.2, 0) is 0 Å². The van der Waals surface area contributed by atoms with Gasteiger partial charge in [0.1, 0.15) is 0 Å². The minimum absolute atomic E-state index is 0.631. The van der Waals surface area contributed by atoms with E-state index in [1.54, 1.807) is 0 Å². The fourth-order valence-corrected chi connectivity index (χ4v) is 13.8. The highest BCUT2D eigenvalue weighted by Crippen LogP contribution is 2.42. The van der Waals surface area contributed by atoms with E-state index in [2.05, 4.69) is 309 Å². The van der Waals surface area contributed by atoms with Crippen LogP contribution in [0.15, 0.2) is 291 Å². The second-order valence-electron chi connectivity index (χ2n) is 22.1. The molecule has 0 aliphatic carbocycles. The number of hydrogen-bond donors (Lipinski definition) is 0. The number of nitrogens with zero attached hydrogens (tertiary/aromatic N) is 6. The molecule has 6 nitrogen and oxygen atoms in total. The van der Waals surface area contributed by atoms with Crippen LogP contribution in [0.4, 0.5) is 0 Å². The molecule has 84 heavy (non-hydrogen) atoms.